The summed E-state index contributed by atoms with van der Waals surface area (Å²) in [5.41, 5.74) is 1.37. The van der Waals surface area contributed by atoms with Crippen molar-refractivity contribution in [2.75, 3.05) is 6.54 Å². The highest BCUT2D eigenvalue weighted by Gasteiger charge is 2.17. The molecule has 100 valence electrons. The third-order valence-electron chi connectivity index (χ3n) is 3.85. The number of Topliss-reactive ketones (excluding diaryl/α,β-unsaturated/α-hetero) is 1. The lowest BCUT2D eigenvalue weighted by Gasteiger charge is -2.10. The van der Waals surface area contributed by atoms with Gasteiger partial charge >= 0.3 is 0 Å². The van der Waals surface area contributed by atoms with Crippen molar-refractivity contribution in [1.82, 2.24) is 10.3 Å². The van der Waals surface area contributed by atoms with E-state index in [0.717, 1.165) is 18.4 Å². The van der Waals surface area contributed by atoms with E-state index in [9.17, 15) is 9.18 Å². The maximum atomic E-state index is 13.2. The van der Waals surface area contributed by atoms with Gasteiger partial charge in [0.1, 0.15) is 5.82 Å². The number of carbonyl (C=O) groups is 1. The Bertz CT molecular complexity index is 599. The third kappa shape index (κ3) is 2.54. The van der Waals surface area contributed by atoms with E-state index in [1.807, 2.05) is 0 Å². The van der Waals surface area contributed by atoms with Crippen molar-refractivity contribution in [2.45, 2.75) is 31.7 Å². The molecule has 0 spiro atoms. The summed E-state index contributed by atoms with van der Waals surface area (Å²) in [5, 5.41) is 3.96. The molecule has 0 atom stereocenters. The third-order valence-corrected chi connectivity index (χ3v) is 3.85. The minimum atomic E-state index is -0.315. The largest absolute Gasteiger partial charge is 0.360 e. The van der Waals surface area contributed by atoms with Gasteiger partial charge in [0.05, 0.1) is 6.54 Å². The highest BCUT2D eigenvalue weighted by atomic mass is 19.1. The summed E-state index contributed by atoms with van der Waals surface area (Å²) in [6.45, 7) is 0.328. The summed E-state index contributed by atoms with van der Waals surface area (Å²) in [7, 11) is 0. The van der Waals surface area contributed by atoms with E-state index in [-0.39, 0.29) is 11.6 Å². The molecule has 0 bridgehead atoms. The van der Waals surface area contributed by atoms with E-state index < -0.39 is 0 Å². The van der Waals surface area contributed by atoms with Crippen LogP contribution in [0.15, 0.2) is 24.4 Å². The molecule has 1 saturated carbocycles. The number of aromatic nitrogens is 1. The zero-order valence-electron chi connectivity index (χ0n) is 10.7. The topological polar surface area (TPSA) is 44.9 Å². The molecule has 0 amide bonds. The first-order valence-corrected chi connectivity index (χ1v) is 6.77. The van der Waals surface area contributed by atoms with Gasteiger partial charge in [-0.05, 0) is 31.0 Å². The fourth-order valence-electron chi connectivity index (χ4n) is 2.79. The van der Waals surface area contributed by atoms with Crippen LogP contribution >= 0.6 is 0 Å². The Labute approximate surface area is 111 Å². The van der Waals surface area contributed by atoms with E-state index in [4.69, 9.17) is 0 Å². The van der Waals surface area contributed by atoms with Crippen molar-refractivity contribution in [3.8, 4) is 0 Å². The molecule has 2 aromatic rings. The molecule has 1 fully saturated rings. The first kappa shape index (κ1) is 12.4. The molecule has 0 aliphatic heterocycles. The lowest BCUT2D eigenvalue weighted by atomic mass is 10.1. The van der Waals surface area contributed by atoms with Crippen molar-refractivity contribution in [2.24, 2.45) is 0 Å². The quantitative estimate of drug-likeness (QED) is 0.830. The maximum Gasteiger partial charge on any atom is 0.178 e. The zero-order chi connectivity index (χ0) is 13.2. The number of aromatic amines is 1. The van der Waals surface area contributed by atoms with E-state index in [1.54, 1.807) is 12.3 Å². The van der Waals surface area contributed by atoms with Crippen molar-refractivity contribution >= 4 is 16.7 Å². The molecule has 4 heteroatoms. The first-order valence-electron chi connectivity index (χ1n) is 6.77. The number of nitrogens with one attached hydrogen (secondary N) is 2. The molecule has 19 heavy (non-hydrogen) atoms. The second kappa shape index (κ2) is 5.13. The van der Waals surface area contributed by atoms with Gasteiger partial charge in [-0.1, -0.05) is 12.8 Å². The SMILES string of the molecule is O=C(CNC1CCCC1)c1c[nH]c2ccc(F)cc12. The Morgan fingerprint density at radius 1 is 1.37 bits per heavy atom. The van der Waals surface area contributed by atoms with Crippen molar-refractivity contribution < 1.29 is 9.18 Å². The van der Waals surface area contributed by atoms with Crippen LogP contribution < -0.4 is 5.32 Å². The summed E-state index contributed by atoms with van der Waals surface area (Å²) >= 11 is 0. The van der Waals surface area contributed by atoms with E-state index in [2.05, 4.69) is 10.3 Å². The second-order valence-electron chi connectivity index (χ2n) is 5.18. The van der Waals surface area contributed by atoms with Crippen molar-refractivity contribution in [3.05, 3.63) is 35.8 Å². The van der Waals surface area contributed by atoms with Gasteiger partial charge in [0.2, 0.25) is 0 Å². The number of rotatable bonds is 4. The monoisotopic (exact) mass is 260 g/mol. The van der Waals surface area contributed by atoms with Gasteiger partial charge in [-0.25, -0.2) is 4.39 Å². The second-order valence-corrected chi connectivity index (χ2v) is 5.18. The number of carbonyl (C=O) groups excluding carboxylic acids is 1. The highest BCUT2D eigenvalue weighted by molar-refractivity contribution is 6.08. The molecule has 1 aliphatic rings. The van der Waals surface area contributed by atoms with E-state index in [1.165, 1.54) is 25.0 Å². The molecule has 0 saturated heterocycles. The summed E-state index contributed by atoms with van der Waals surface area (Å²) in [6, 6.07) is 4.93. The van der Waals surface area contributed by atoms with Crippen LogP contribution in [0.2, 0.25) is 0 Å². The molecule has 1 heterocycles. The maximum absolute atomic E-state index is 13.2. The highest BCUT2D eigenvalue weighted by Crippen LogP contribution is 2.21. The average Bonchev–Trinajstić information content (AvgIpc) is 3.04. The summed E-state index contributed by atoms with van der Waals surface area (Å²) in [5.74, 6) is -0.298. The van der Waals surface area contributed by atoms with Crippen LogP contribution in [0.4, 0.5) is 4.39 Å². The zero-order valence-corrected chi connectivity index (χ0v) is 10.7. The summed E-state index contributed by atoms with van der Waals surface area (Å²) in [4.78, 5) is 15.2. The van der Waals surface area contributed by atoms with Gasteiger partial charge in [0.15, 0.2) is 5.78 Å². The summed E-state index contributed by atoms with van der Waals surface area (Å²) in [6.07, 6.45) is 6.45. The number of ketones is 1. The molecule has 1 aromatic heterocycles. The molecular weight excluding hydrogens is 243 g/mol. The van der Waals surface area contributed by atoms with E-state index in [0.29, 0.717) is 23.5 Å². The number of hydrogen-bond donors (Lipinski definition) is 2. The van der Waals surface area contributed by atoms with Gasteiger partial charge in [-0.2, -0.15) is 0 Å². The smallest absolute Gasteiger partial charge is 0.178 e. The predicted molar refractivity (Wildman–Crippen MR) is 72.8 cm³/mol. The molecule has 3 rings (SSSR count). The Hall–Kier alpha value is -1.68. The first-order chi connectivity index (χ1) is 9.24. The Balaban J connectivity index is 1.75. The molecule has 1 aliphatic carbocycles. The van der Waals surface area contributed by atoms with Crippen LogP contribution in [0.3, 0.4) is 0 Å². The van der Waals surface area contributed by atoms with Gasteiger partial charge in [0, 0.05) is 28.7 Å². The molecule has 3 nitrogen and oxygen atoms in total. The number of hydrogen-bond acceptors (Lipinski definition) is 2. The van der Waals surface area contributed by atoms with Crippen LogP contribution in [-0.2, 0) is 0 Å². The standard InChI is InChI=1S/C15H17FN2O/c16-10-5-6-14-12(7-10)13(8-18-14)15(19)9-17-11-3-1-2-4-11/h5-8,11,17-18H,1-4,9H2. The fraction of sp³-hybridized carbons (Fsp3) is 0.400. The minimum absolute atomic E-state index is 0.0174. The Kier molecular flexibility index (Phi) is 3.34. The molecule has 1 aromatic carbocycles. The van der Waals surface area contributed by atoms with Crippen molar-refractivity contribution in [3.63, 3.8) is 0 Å². The van der Waals surface area contributed by atoms with Gasteiger partial charge < -0.3 is 10.3 Å². The molecular formula is C15H17FN2O. The lowest BCUT2D eigenvalue weighted by molar-refractivity contribution is 0.0989. The van der Waals surface area contributed by atoms with E-state index >= 15 is 0 Å². The number of halogens is 1. The normalized spacial score (nSPS) is 16.3. The minimum Gasteiger partial charge on any atom is -0.360 e. The predicted octanol–water partition coefficient (Wildman–Crippen LogP) is 3.02. The Morgan fingerprint density at radius 2 is 2.16 bits per heavy atom. The van der Waals surface area contributed by atoms with Crippen LogP contribution in [0.5, 0.6) is 0 Å². The average molecular weight is 260 g/mol. The van der Waals surface area contributed by atoms with Crippen LogP contribution in [0.1, 0.15) is 36.0 Å². The molecule has 2 N–H and O–H groups in total. The molecule has 0 unspecified atom stereocenters. The van der Waals surface area contributed by atoms with Crippen LogP contribution in [0, 0.1) is 5.82 Å². The van der Waals surface area contributed by atoms with Gasteiger partial charge in [0.25, 0.3) is 0 Å². The van der Waals surface area contributed by atoms with Crippen LogP contribution in [0.25, 0.3) is 10.9 Å². The fourth-order valence-corrected chi connectivity index (χ4v) is 2.79. The van der Waals surface area contributed by atoms with Crippen LogP contribution in [-0.4, -0.2) is 23.4 Å². The van der Waals surface area contributed by atoms with Crippen molar-refractivity contribution in [1.29, 1.82) is 0 Å². The van der Waals surface area contributed by atoms with Gasteiger partial charge in [-0.3, -0.25) is 4.79 Å². The number of fused-ring (bicyclic) bond motifs is 1. The lowest BCUT2D eigenvalue weighted by Crippen LogP contribution is -2.31. The number of benzene rings is 1. The summed E-state index contributed by atoms with van der Waals surface area (Å²) < 4.78 is 13.2. The Morgan fingerprint density at radius 3 is 2.95 bits per heavy atom. The number of H-pyrrole nitrogens is 1. The van der Waals surface area contributed by atoms with Gasteiger partial charge in [-0.15, -0.1) is 0 Å². The molecule has 0 radical (unpaired) electrons.